The Bertz CT molecular complexity index is 1080. The molecule has 0 atom stereocenters. The normalized spacial score (nSPS) is 13.5. The van der Waals surface area contributed by atoms with Crippen molar-refractivity contribution in [3.05, 3.63) is 76.1 Å². The molecular weight excluding hydrogens is 347 g/mol. The van der Waals surface area contributed by atoms with Crippen LogP contribution >= 0.6 is 0 Å². The molecule has 1 aliphatic rings. The van der Waals surface area contributed by atoms with Gasteiger partial charge in [0.25, 0.3) is 0 Å². The van der Waals surface area contributed by atoms with Crippen molar-refractivity contribution in [2.24, 2.45) is 0 Å². The van der Waals surface area contributed by atoms with Gasteiger partial charge in [-0.1, -0.05) is 35.5 Å². The van der Waals surface area contributed by atoms with E-state index in [-0.39, 0.29) is 33.8 Å². The monoisotopic (exact) mass is 357 g/mol. The highest BCUT2D eigenvalue weighted by Gasteiger charge is 2.36. The largest absolute Gasteiger partial charge is 0.416 e. The van der Waals surface area contributed by atoms with Crippen LogP contribution < -0.4 is 0 Å². The average molecular weight is 357 g/mol. The molecule has 0 N–H and O–H groups in total. The first-order valence-electron chi connectivity index (χ1n) is 7.61. The second-order valence-electron chi connectivity index (χ2n) is 5.90. The maximum Gasteiger partial charge on any atom is 0.416 e. The fourth-order valence-electron chi connectivity index (χ4n) is 3.00. The number of carbonyl (C=O) groups excluding carboxylic acids is 2. The fourth-order valence-corrected chi connectivity index (χ4v) is 3.00. The Balaban J connectivity index is 1.92. The number of aryl methyl sites for hydroxylation is 1. The summed E-state index contributed by atoms with van der Waals surface area (Å²) in [7, 11) is 0. The minimum Gasteiger partial charge on any atom is -0.287 e. The molecule has 0 unspecified atom stereocenters. The van der Waals surface area contributed by atoms with Gasteiger partial charge in [0.1, 0.15) is 5.69 Å². The second-order valence-corrected chi connectivity index (χ2v) is 5.90. The summed E-state index contributed by atoms with van der Waals surface area (Å²) in [6, 6.07) is 9.80. The summed E-state index contributed by atoms with van der Waals surface area (Å²) in [4.78, 5) is 25.3. The third-order valence-corrected chi connectivity index (χ3v) is 4.29. The smallest absolute Gasteiger partial charge is 0.287 e. The number of halogens is 3. The van der Waals surface area contributed by atoms with Crippen LogP contribution in [-0.4, -0.2) is 26.6 Å². The molecule has 0 spiro atoms. The predicted octanol–water partition coefficient (Wildman–Crippen LogP) is 3.37. The van der Waals surface area contributed by atoms with E-state index in [1.54, 1.807) is 12.1 Å². The molecule has 130 valence electrons. The number of aromatic nitrogens is 3. The number of ketones is 2. The number of benzene rings is 2. The Kier molecular flexibility index (Phi) is 3.33. The molecule has 0 bridgehead atoms. The molecule has 26 heavy (non-hydrogen) atoms. The highest BCUT2D eigenvalue weighted by molar-refractivity contribution is 6.27. The highest BCUT2D eigenvalue weighted by atomic mass is 19.4. The van der Waals surface area contributed by atoms with E-state index in [2.05, 4.69) is 10.3 Å². The van der Waals surface area contributed by atoms with Gasteiger partial charge >= 0.3 is 6.18 Å². The van der Waals surface area contributed by atoms with E-state index < -0.39 is 23.3 Å². The molecule has 0 radical (unpaired) electrons. The summed E-state index contributed by atoms with van der Waals surface area (Å²) in [5.41, 5.74) is -0.698. The van der Waals surface area contributed by atoms with Crippen molar-refractivity contribution in [2.75, 3.05) is 0 Å². The van der Waals surface area contributed by atoms with Crippen molar-refractivity contribution < 1.29 is 22.8 Å². The Hall–Kier alpha value is -3.29. The first-order valence-corrected chi connectivity index (χ1v) is 7.61. The van der Waals surface area contributed by atoms with Crippen LogP contribution in [0.4, 0.5) is 13.2 Å². The summed E-state index contributed by atoms with van der Waals surface area (Å²) >= 11 is 0. The zero-order valence-corrected chi connectivity index (χ0v) is 13.3. The van der Waals surface area contributed by atoms with E-state index in [4.69, 9.17) is 0 Å². The molecule has 1 aliphatic carbocycles. The van der Waals surface area contributed by atoms with Gasteiger partial charge < -0.3 is 0 Å². The number of fused-ring (bicyclic) bond motifs is 2. The highest BCUT2D eigenvalue weighted by Crippen LogP contribution is 2.34. The molecule has 3 aromatic rings. The maximum atomic E-state index is 13.2. The Morgan fingerprint density at radius 3 is 2.27 bits per heavy atom. The van der Waals surface area contributed by atoms with Gasteiger partial charge in [0, 0.05) is 11.1 Å². The van der Waals surface area contributed by atoms with Crippen molar-refractivity contribution in [3.63, 3.8) is 0 Å². The summed E-state index contributed by atoms with van der Waals surface area (Å²) in [6.07, 6.45) is -4.55. The summed E-state index contributed by atoms with van der Waals surface area (Å²) < 4.78 is 40.5. The molecular formula is C18H10F3N3O2. The summed E-state index contributed by atoms with van der Waals surface area (Å²) in [5, 5.41) is 7.50. The zero-order chi connectivity index (χ0) is 18.6. The van der Waals surface area contributed by atoms with Crippen molar-refractivity contribution >= 4 is 11.6 Å². The lowest BCUT2D eigenvalue weighted by molar-refractivity contribution is -0.138. The molecule has 0 saturated carbocycles. The van der Waals surface area contributed by atoms with E-state index in [1.165, 1.54) is 31.2 Å². The van der Waals surface area contributed by atoms with Crippen molar-refractivity contribution in [1.82, 2.24) is 15.0 Å². The molecule has 0 aliphatic heterocycles. The minimum absolute atomic E-state index is 0.0113. The van der Waals surface area contributed by atoms with Gasteiger partial charge in [-0.3, -0.25) is 9.59 Å². The van der Waals surface area contributed by atoms with Gasteiger partial charge in [-0.15, -0.1) is 5.10 Å². The molecule has 0 amide bonds. The molecule has 4 rings (SSSR count). The molecule has 8 heteroatoms. The van der Waals surface area contributed by atoms with Crippen LogP contribution in [0, 0.1) is 6.92 Å². The molecule has 1 heterocycles. The Labute approximate surface area is 145 Å². The van der Waals surface area contributed by atoms with Crippen LogP contribution in [0.15, 0.2) is 42.5 Å². The lowest BCUT2D eigenvalue weighted by Gasteiger charge is -2.16. The fraction of sp³-hybridized carbons (Fsp3) is 0.111. The summed E-state index contributed by atoms with van der Waals surface area (Å²) in [5.74, 6) is -0.987. The molecule has 0 fully saturated rings. The lowest BCUT2D eigenvalue weighted by atomic mass is 9.90. The number of hydrogen-bond donors (Lipinski definition) is 0. The topological polar surface area (TPSA) is 64.8 Å². The number of rotatable bonds is 1. The van der Waals surface area contributed by atoms with Gasteiger partial charge in [-0.2, -0.15) is 13.2 Å². The third kappa shape index (κ3) is 2.26. The SMILES string of the molecule is Cc1ccc(-n2nnc3c2C(=O)c2ccccc2C3=O)cc1C(F)(F)F. The molecule has 0 saturated heterocycles. The first kappa shape index (κ1) is 16.2. The lowest BCUT2D eigenvalue weighted by Crippen LogP contribution is -2.23. The molecule has 2 aromatic carbocycles. The van der Waals surface area contributed by atoms with Crippen molar-refractivity contribution in [1.29, 1.82) is 0 Å². The maximum absolute atomic E-state index is 13.2. The van der Waals surface area contributed by atoms with E-state index in [0.29, 0.717) is 0 Å². The second kappa shape index (κ2) is 5.35. The van der Waals surface area contributed by atoms with Gasteiger partial charge in [0.15, 0.2) is 5.69 Å². The number of nitrogens with zero attached hydrogens (tertiary/aromatic N) is 3. The molecule has 5 nitrogen and oxygen atoms in total. The minimum atomic E-state index is -4.55. The van der Waals surface area contributed by atoms with Crippen molar-refractivity contribution in [3.8, 4) is 5.69 Å². The zero-order valence-electron chi connectivity index (χ0n) is 13.3. The standard InChI is InChI=1S/C18H10F3N3O2/c1-9-6-7-10(8-13(9)18(19,20)21)24-15-14(22-23-24)16(25)11-4-2-3-5-12(11)17(15)26/h2-8H,1H3. The Morgan fingerprint density at radius 2 is 1.62 bits per heavy atom. The van der Waals surface area contributed by atoms with E-state index in [0.717, 1.165) is 10.7 Å². The van der Waals surface area contributed by atoms with Gasteiger partial charge in [0.2, 0.25) is 11.6 Å². The quantitative estimate of drug-likeness (QED) is 0.524. The van der Waals surface area contributed by atoms with Gasteiger partial charge in [-0.25, -0.2) is 4.68 Å². The van der Waals surface area contributed by atoms with E-state index in [9.17, 15) is 22.8 Å². The van der Waals surface area contributed by atoms with E-state index in [1.807, 2.05) is 0 Å². The summed E-state index contributed by atoms with van der Waals surface area (Å²) in [6.45, 7) is 1.34. The van der Waals surface area contributed by atoms with E-state index >= 15 is 0 Å². The number of carbonyl (C=O) groups is 2. The molecule has 1 aromatic heterocycles. The van der Waals surface area contributed by atoms with Crippen molar-refractivity contribution in [2.45, 2.75) is 13.1 Å². The predicted molar refractivity (Wildman–Crippen MR) is 84.4 cm³/mol. The van der Waals surface area contributed by atoms with Gasteiger partial charge in [0.05, 0.1) is 11.3 Å². The Morgan fingerprint density at radius 1 is 0.962 bits per heavy atom. The number of alkyl halides is 3. The number of hydrogen-bond acceptors (Lipinski definition) is 4. The van der Waals surface area contributed by atoms with Crippen LogP contribution in [0.2, 0.25) is 0 Å². The average Bonchev–Trinajstić information content (AvgIpc) is 3.04. The van der Waals surface area contributed by atoms with Crippen LogP contribution in [-0.2, 0) is 6.18 Å². The van der Waals surface area contributed by atoms with Crippen LogP contribution in [0.3, 0.4) is 0 Å². The van der Waals surface area contributed by atoms with Gasteiger partial charge in [-0.05, 0) is 24.6 Å². The third-order valence-electron chi connectivity index (χ3n) is 4.29. The van der Waals surface area contributed by atoms with Crippen LogP contribution in [0.25, 0.3) is 5.69 Å². The van der Waals surface area contributed by atoms with Crippen LogP contribution in [0.1, 0.15) is 43.2 Å². The first-order chi connectivity index (χ1) is 12.3. The van der Waals surface area contributed by atoms with Crippen LogP contribution in [0.5, 0.6) is 0 Å².